The number of pyridine rings is 3. The van der Waals surface area contributed by atoms with Crippen LogP contribution in [-0.2, 0) is 19.8 Å². The van der Waals surface area contributed by atoms with Crippen LogP contribution in [0.1, 0.15) is 33.9 Å². The van der Waals surface area contributed by atoms with E-state index >= 15 is 0 Å². The third-order valence-electron chi connectivity index (χ3n) is 7.42. The maximum atomic E-state index is 5.47. The monoisotopic (exact) mass is 806 g/mol. The van der Waals surface area contributed by atoms with Crippen molar-refractivity contribution in [3.05, 3.63) is 138 Å². The molecule has 6 rings (SSSR count). The van der Waals surface area contributed by atoms with Gasteiger partial charge in [0.2, 0.25) is 0 Å². The van der Waals surface area contributed by atoms with Crippen LogP contribution < -0.4 is 9.47 Å². The minimum atomic E-state index is 0. The first kappa shape index (κ1) is 36.5. The third kappa shape index (κ3) is 9.54. The zero-order valence-corrected chi connectivity index (χ0v) is 30.4. The summed E-state index contributed by atoms with van der Waals surface area (Å²) in [5.41, 5.74) is 8.57. The summed E-state index contributed by atoms with van der Waals surface area (Å²) in [7, 11) is 1.64. The van der Waals surface area contributed by atoms with Gasteiger partial charge in [0.15, 0.2) is 11.6 Å². The zero-order chi connectivity index (χ0) is 33.1. The van der Waals surface area contributed by atoms with E-state index in [1.165, 1.54) is 11.1 Å². The van der Waals surface area contributed by atoms with Crippen LogP contribution in [0.5, 0.6) is 11.5 Å². The van der Waals surface area contributed by atoms with Gasteiger partial charge in [0.05, 0.1) is 18.5 Å². The Morgan fingerprint density at radius 3 is 1.74 bits per heavy atom. The molecule has 10 heteroatoms. The molecule has 0 N–H and O–H groups in total. The molecule has 5 heterocycles. The van der Waals surface area contributed by atoms with E-state index in [9.17, 15) is 0 Å². The van der Waals surface area contributed by atoms with Crippen molar-refractivity contribution in [2.45, 2.75) is 41.5 Å². The molecule has 0 saturated carbocycles. The van der Waals surface area contributed by atoms with Crippen molar-refractivity contribution in [1.82, 2.24) is 34.5 Å². The fourth-order valence-electron chi connectivity index (χ4n) is 4.37. The largest absolute Gasteiger partial charge is 1.00 e. The van der Waals surface area contributed by atoms with Crippen molar-refractivity contribution in [3.63, 3.8) is 0 Å². The number of methoxy groups -OCH3 is 1. The van der Waals surface area contributed by atoms with Gasteiger partial charge in [-0.2, -0.15) is 10.2 Å². The molecule has 0 atom stereocenters. The molecule has 243 valence electrons. The fourth-order valence-corrected chi connectivity index (χ4v) is 4.37. The number of ether oxygens (including phenoxy) is 2. The molecule has 0 aliphatic rings. The minimum absolute atomic E-state index is 0. The summed E-state index contributed by atoms with van der Waals surface area (Å²) >= 11 is 0. The molecule has 1 aromatic carbocycles. The summed E-state index contributed by atoms with van der Waals surface area (Å²) in [6, 6.07) is 24.0. The summed E-state index contributed by atoms with van der Waals surface area (Å²) in [6.45, 7) is 16.4. The normalized spacial score (nSPS) is 10.0. The van der Waals surface area contributed by atoms with E-state index in [0.29, 0.717) is 6.61 Å². The molecular weight excluding hydrogens is 765 g/mol. The van der Waals surface area contributed by atoms with Crippen LogP contribution in [0.15, 0.2) is 98.0 Å². The number of aryl methyl sites for hydroxylation is 2. The van der Waals surface area contributed by atoms with Gasteiger partial charge in [-0.1, -0.05) is 24.8 Å². The van der Waals surface area contributed by atoms with E-state index in [2.05, 4.69) is 65.5 Å². The van der Waals surface area contributed by atoms with E-state index in [1.54, 1.807) is 31.8 Å². The predicted molar refractivity (Wildman–Crippen MR) is 182 cm³/mol. The Morgan fingerprint density at radius 2 is 1.30 bits per heavy atom. The second-order valence-electron chi connectivity index (χ2n) is 10.4. The molecule has 1 radical (unpaired) electrons. The van der Waals surface area contributed by atoms with Crippen LogP contribution in [0.25, 0.3) is 22.9 Å². The van der Waals surface area contributed by atoms with Crippen molar-refractivity contribution in [1.29, 1.82) is 0 Å². The number of nitrogens with zero attached hydrogens (tertiary/aromatic N) is 7. The van der Waals surface area contributed by atoms with Crippen molar-refractivity contribution in [2.75, 3.05) is 13.7 Å². The molecule has 0 bridgehead atoms. The Hall–Kier alpha value is -4.93. The smallest absolute Gasteiger partial charge is 0.516 e. The summed E-state index contributed by atoms with van der Waals surface area (Å²) in [6.07, 6.45) is 6.97. The molecule has 6 aromatic rings. The van der Waals surface area contributed by atoms with Gasteiger partial charge in [-0.3, -0.25) is 0 Å². The van der Waals surface area contributed by atoms with Gasteiger partial charge in [0, 0.05) is 35.7 Å². The molecule has 0 amide bonds. The fraction of sp³-hybridized carbons (Fsp3) is 0.216. The molecule has 0 saturated heterocycles. The summed E-state index contributed by atoms with van der Waals surface area (Å²) in [4.78, 5) is 12.8. The second kappa shape index (κ2) is 17.7. The Balaban J connectivity index is 0.000000192. The van der Waals surface area contributed by atoms with Gasteiger partial charge in [-0.15, -0.1) is 29.8 Å². The van der Waals surface area contributed by atoms with Crippen molar-refractivity contribution in [2.24, 2.45) is 0 Å². The Labute approximate surface area is 290 Å². The van der Waals surface area contributed by atoms with E-state index in [0.717, 1.165) is 57.2 Å². The van der Waals surface area contributed by atoms with Gasteiger partial charge in [-0.05, 0) is 94.8 Å². The van der Waals surface area contributed by atoms with Gasteiger partial charge >= 0.3 is 19.8 Å². The molecule has 0 spiro atoms. The Morgan fingerprint density at radius 1 is 0.723 bits per heavy atom. The molecule has 47 heavy (non-hydrogen) atoms. The van der Waals surface area contributed by atoms with Crippen LogP contribution in [-0.4, -0.2) is 48.2 Å². The molecule has 9 nitrogen and oxygen atoms in total. The Kier molecular flexibility index (Phi) is 13.7. The summed E-state index contributed by atoms with van der Waals surface area (Å²) < 4.78 is 14.4. The van der Waals surface area contributed by atoms with Crippen molar-refractivity contribution >= 4 is 0 Å². The van der Waals surface area contributed by atoms with Gasteiger partial charge in [0.1, 0.15) is 12.4 Å². The first-order valence-electron chi connectivity index (χ1n) is 14.9. The average molecular weight is 805 g/mol. The number of hydrogen-bond acceptors (Lipinski definition) is 7. The molecular formula is C37H40N7O2Os. The first-order chi connectivity index (χ1) is 22.2. The summed E-state index contributed by atoms with van der Waals surface area (Å²) in [5.74, 6) is 3.29. The van der Waals surface area contributed by atoms with Crippen molar-refractivity contribution in [3.8, 4) is 34.4 Å². The average Bonchev–Trinajstić information content (AvgIpc) is 3.52. The molecule has 0 unspecified atom stereocenters. The number of rotatable bonds is 7. The van der Waals surface area contributed by atoms with Gasteiger partial charge in [-0.25, -0.2) is 19.3 Å². The van der Waals surface area contributed by atoms with Gasteiger partial charge < -0.3 is 14.5 Å². The quantitative estimate of drug-likeness (QED) is 0.122. The van der Waals surface area contributed by atoms with Crippen LogP contribution >= 0.6 is 0 Å². The Bertz CT molecular complexity index is 1780. The van der Waals surface area contributed by atoms with E-state index in [1.807, 2.05) is 89.9 Å². The number of benzene rings is 1. The second-order valence-corrected chi connectivity index (χ2v) is 10.4. The predicted octanol–water partition coefficient (Wildman–Crippen LogP) is 7.50. The third-order valence-corrected chi connectivity index (χ3v) is 7.42. The molecule has 0 aliphatic heterocycles. The van der Waals surface area contributed by atoms with E-state index < -0.39 is 0 Å². The summed E-state index contributed by atoms with van der Waals surface area (Å²) in [5, 5.41) is 8.87. The minimum Gasteiger partial charge on any atom is -0.516 e. The van der Waals surface area contributed by atoms with Crippen molar-refractivity contribution < 1.29 is 29.3 Å². The molecule has 0 fully saturated rings. The maximum absolute atomic E-state index is 5.47. The maximum Gasteiger partial charge on any atom is 1.00 e. The first-order valence-corrected chi connectivity index (χ1v) is 14.9. The zero-order valence-electron chi connectivity index (χ0n) is 27.9. The van der Waals surface area contributed by atoms with E-state index in [-0.39, 0.29) is 19.8 Å². The van der Waals surface area contributed by atoms with Gasteiger partial charge in [0.25, 0.3) is 0 Å². The van der Waals surface area contributed by atoms with Crippen LogP contribution in [0.4, 0.5) is 0 Å². The number of hydrogen-bond donors (Lipinski definition) is 0. The number of aromatic nitrogens is 7. The van der Waals surface area contributed by atoms with Crippen LogP contribution in [0.2, 0.25) is 0 Å². The van der Waals surface area contributed by atoms with Crippen LogP contribution in [0.3, 0.4) is 0 Å². The van der Waals surface area contributed by atoms with Crippen LogP contribution in [0, 0.1) is 47.6 Å². The molecule has 0 aliphatic carbocycles. The standard InChI is InChI=1S/C15H14NO2.2C11H13N3.Os/c1-3-9-18-14-7-8-16-15(11-14)12-5-4-6-13(10-12)17-2;2*1-8-9(2)13-14(10(8)3)11-6-4-5-7-12-11;/h3-4,6-8,10-11H,1,9H2,2H3;2*4-7H,1-3H3;/q-1;;;+1. The molecule has 5 aromatic heterocycles. The topological polar surface area (TPSA) is 92.8 Å². The SMILES string of the molecule is C=CCOc1ccnc(-c2[c-]ccc(OC)c2)c1.Cc1nn(-c2ccccn2)c(C)c1C.Cc1nn(-c2ccccn2)c(C)c1C.[Os+]. The van der Waals surface area contributed by atoms with E-state index in [4.69, 9.17) is 9.47 Å².